The van der Waals surface area contributed by atoms with Crippen LogP contribution in [0.3, 0.4) is 0 Å². The van der Waals surface area contributed by atoms with Gasteiger partial charge in [0.15, 0.2) is 0 Å². The standard InChI is InChI=1S/C14H18N4O2S/c19-21(20,17-10-5-6-10)11-7-8-18(9-11)14-15-12-3-1-2-4-13(12)16-14/h1-4,10-11,17H,5-9H2,(H,15,16). The Hall–Kier alpha value is -1.60. The molecule has 1 aromatic carbocycles. The van der Waals surface area contributed by atoms with Gasteiger partial charge in [-0.1, -0.05) is 12.1 Å². The highest BCUT2D eigenvalue weighted by atomic mass is 32.2. The molecular formula is C14H18N4O2S. The van der Waals surface area contributed by atoms with Crippen LogP contribution in [0, 0.1) is 0 Å². The van der Waals surface area contributed by atoms with Gasteiger partial charge in [-0.25, -0.2) is 18.1 Å². The molecule has 1 atom stereocenters. The lowest BCUT2D eigenvalue weighted by Crippen LogP contribution is -2.37. The fourth-order valence-corrected chi connectivity index (χ4v) is 4.48. The number of aromatic nitrogens is 2. The van der Waals surface area contributed by atoms with Crippen LogP contribution in [0.2, 0.25) is 0 Å². The van der Waals surface area contributed by atoms with E-state index in [-0.39, 0.29) is 11.3 Å². The number of hydrogen-bond acceptors (Lipinski definition) is 4. The van der Waals surface area contributed by atoms with Crippen LogP contribution in [0.25, 0.3) is 11.0 Å². The van der Waals surface area contributed by atoms with E-state index < -0.39 is 10.0 Å². The fourth-order valence-electron chi connectivity index (χ4n) is 2.79. The average molecular weight is 306 g/mol. The van der Waals surface area contributed by atoms with Crippen LogP contribution >= 0.6 is 0 Å². The van der Waals surface area contributed by atoms with Crippen molar-refractivity contribution in [3.63, 3.8) is 0 Å². The number of nitrogens with one attached hydrogen (secondary N) is 2. The van der Waals surface area contributed by atoms with Gasteiger partial charge < -0.3 is 9.88 Å². The average Bonchev–Trinajstić information content (AvgIpc) is 2.99. The number of imidazole rings is 1. The van der Waals surface area contributed by atoms with E-state index in [9.17, 15) is 8.42 Å². The molecule has 2 fully saturated rings. The van der Waals surface area contributed by atoms with E-state index in [2.05, 4.69) is 14.7 Å². The predicted octanol–water partition coefficient (Wildman–Crippen LogP) is 1.22. The number of benzene rings is 1. The second-order valence-corrected chi connectivity index (χ2v) is 7.86. The fraction of sp³-hybridized carbons (Fsp3) is 0.500. The van der Waals surface area contributed by atoms with E-state index in [0.29, 0.717) is 13.0 Å². The second-order valence-electron chi connectivity index (χ2n) is 5.87. The molecule has 6 nitrogen and oxygen atoms in total. The molecule has 0 radical (unpaired) electrons. The van der Waals surface area contributed by atoms with Crippen molar-refractivity contribution in [3.05, 3.63) is 24.3 Å². The molecule has 112 valence electrons. The summed E-state index contributed by atoms with van der Waals surface area (Å²) in [6, 6.07) is 8.01. The van der Waals surface area contributed by atoms with Crippen molar-refractivity contribution in [1.29, 1.82) is 0 Å². The van der Waals surface area contributed by atoms with Gasteiger partial charge in [0.2, 0.25) is 16.0 Å². The van der Waals surface area contributed by atoms with Crippen LogP contribution in [0.5, 0.6) is 0 Å². The number of aromatic amines is 1. The van der Waals surface area contributed by atoms with Crippen molar-refractivity contribution in [1.82, 2.24) is 14.7 Å². The van der Waals surface area contributed by atoms with Gasteiger partial charge in [-0.2, -0.15) is 0 Å². The second kappa shape index (κ2) is 4.71. The molecule has 2 N–H and O–H groups in total. The summed E-state index contributed by atoms with van der Waals surface area (Å²) >= 11 is 0. The number of hydrogen-bond donors (Lipinski definition) is 2. The summed E-state index contributed by atoms with van der Waals surface area (Å²) in [5.41, 5.74) is 1.89. The minimum absolute atomic E-state index is 0.176. The lowest BCUT2D eigenvalue weighted by Gasteiger charge is -2.15. The Balaban J connectivity index is 1.52. The van der Waals surface area contributed by atoms with Crippen LogP contribution in [0.4, 0.5) is 5.95 Å². The molecule has 7 heteroatoms. The van der Waals surface area contributed by atoms with Gasteiger partial charge in [0, 0.05) is 19.1 Å². The van der Waals surface area contributed by atoms with Gasteiger partial charge in [-0.15, -0.1) is 0 Å². The van der Waals surface area contributed by atoms with Gasteiger partial charge in [0.25, 0.3) is 0 Å². The van der Waals surface area contributed by atoms with Crippen LogP contribution < -0.4 is 9.62 Å². The monoisotopic (exact) mass is 306 g/mol. The number of sulfonamides is 1. The van der Waals surface area contributed by atoms with Gasteiger partial charge in [-0.05, 0) is 31.4 Å². The van der Waals surface area contributed by atoms with Crippen LogP contribution in [0.1, 0.15) is 19.3 Å². The van der Waals surface area contributed by atoms with Crippen LogP contribution in [-0.4, -0.2) is 42.8 Å². The smallest absolute Gasteiger partial charge is 0.216 e. The molecule has 1 aromatic heterocycles. The zero-order chi connectivity index (χ0) is 14.4. The van der Waals surface area contributed by atoms with E-state index in [4.69, 9.17) is 0 Å². The molecule has 4 rings (SSSR count). The Morgan fingerprint density at radius 3 is 2.81 bits per heavy atom. The zero-order valence-corrected chi connectivity index (χ0v) is 12.4. The minimum Gasteiger partial charge on any atom is -0.341 e. The van der Waals surface area contributed by atoms with E-state index in [1.807, 2.05) is 29.2 Å². The molecule has 2 heterocycles. The topological polar surface area (TPSA) is 78.1 Å². The normalized spacial score (nSPS) is 23.0. The number of rotatable bonds is 4. The third kappa shape index (κ3) is 2.51. The number of anilines is 1. The van der Waals surface area contributed by atoms with Crippen molar-refractivity contribution >= 4 is 27.0 Å². The largest absolute Gasteiger partial charge is 0.341 e. The Kier molecular flexibility index (Phi) is 2.93. The van der Waals surface area contributed by atoms with Crippen molar-refractivity contribution in [3.8, 4) is 0 Å². The lowest BCUT2D eigenvalue weighted by atomic mass is 10.3. The number of H-pyrrole nitrogens is 1. The number of nitrogens with zero attached hydrogens (tertiary/aromatic N) is 2. The Morgan fingerprint density at radius 1 is 1.24 bits per heavy atom. The molecule has 1 saturated carbocycles. The van der Waals surface area contributed by atoms with Crippen molar-refractivity contribution in [2.75, 3.05) is 18.0 Å². The Morgan fingerprint density at radius 2 is 2.05 bits per heavy atom. The Labute approximate surface area is 123 Å². The maximum atomic E-state index is 12.3. The van der Waals surface area contributed by atoms with Crippen LogP contribution in [0.15, 0.2) is 24.3 Å². The quantitative estimate of drug-likeness (QED) is 0.890. The van der Waals surface area contributed by atoms with Gasteiger partial charge in [0.05, 0.1) is 16.3 Å². The number of para-hydroxylation sites is 2. The molecule has 0 amide bonds. The van der Waals surface area contributed by atoms with Gasteiger partial charge in [-0.3, -0.25) is 0 Å². The predicted molar refractivity (Wildman–Crippen MR) is 81.8 cm³/mol. The third-order valence-electron chi connectivity index (χ3n) is 4.17. The van der Waals surface area contributed by atoms with Gasteiger partial charge >= 0.3 is 0 Å². The summed E-state index contributed by atoms with van der Waals surface area (Å²) in [4.78, 5) is 9.83. The highest BCUT2D eigenvalue weighted by molar-refractivity contribution is 7.90. The summed E-state index contributed by atoms with van der Waals surface area (Å²) < 4.78 is 27.3. The first-order chi connectivity index (χ1) is 10.1. The van der Waals surface area contributed by atoms with Crippen molar-refractivity contribution < 1.29 is 8.42 Å². The first kappa shape index (κ1) is 13.1. The molecule has 1 unspecified atom stereocenters. The highest BCUT2D eigenvalue weighted by Crippen LogP contribution is 2.26. The van der Waals surface area contributed by atoms with E-state index >= 15 is 0 Å². The SMILES string of the molecule is O=S(=O)(NC1CC1)C1CCN(c2nc3ccccc3[nH]2)C1. The molecule has 1 aliphatic carbocycles. The number of fused-ring (bicyclic) bond motifs is 1. The zero-order valence-electron chi connectivity index (χ0n) is 11.6. The maximum absolute atomic E-state index is 12.3. The summed E-state index contributed by atoms with van der Waals surface area (Å²) in [5.74, 6) is 0.764. The molecule has 2 aromatic rings. The van der Waals surface area contributed by atoms with Crippen LogP contribution in [-0.2, 0) is 10.0 Å². The minimum atomic E-state index is -3.20. The van der Waals surface area contributed by atoms with Crippen molar-refractivity contribution in [2.24, 2.45) is 0 Å². The third-order valence-corrected chi connectivity index (χ3v) is 6.09. The molecule has 1 saturated heterocycles. The molecular weight excluding hydrogens is 288 g/mol. The molecule has 1 aliphatic heterocycles. The first-order valence-corrected chi connectivity index (χ1v) is 8.87. The lowest BCUT2D eigenvalue weighted by molar-refractivity contribution is 0.568. The molecule has 0 spiro atoms. The first-order valence-electron chi connectivity index (χ1n) is 7.33. The van der Waals surface area contributed by atoms with Crippen molar-refractivity contribution in [2.45, 2.75) is 30.6 Å². The maximum Gasteiger partial charge on any atom is 0.216 e. The Bertz CT molecular complexity index is 733. The van der Waals surface area contributed by atoms with Gasteiger partial charge in [0.1, 0.15) is 0 Å². The summed E-state index contributed by atoms with van der Waals surface area (Å²) in [6.07, 6.45) is 2.59. The molecule has 21 heavy (non-hydrogen) atoms. The summed E-state index contributed by atoms with van der Waals surface area (Å²) in [7, 11) is -3.20. The molecule has 0 bridgehead atoms. The van der Waals surface area contributed by atoms with E-state index in [0.717, 1.165) is 36.4 Å². The van der Waals surface area contributed by atoms with E-state index in [1.54, 1.807) is 0 Å². The molecule has 2 aliphatic rings. The summed E-state index contributed by atoms with van der Waals surface area (Å²) in [6.45, 7) is 1.22. The highest BCUT2D eigenvalue weighted by Gasteiger charge is 2.37. The van der Waals surface area contributed by atoms with E-state index in [1.165, 1.54) is 0 Å². The summed E-state index contributed by atoms with van der Waals surface area (Å²) in [5, 5.41) is -0.341.